The Labute approximate surface area is 119 Å². The number of carbonyl (C=O) groups is 3. The Morgan fingerprint density at radius 2 is 1.30 bits per heavy atom. The lowest BCUT2D eigenvalue weighted by Gasteiger charge is -2.31. The molecular weight excluding hydrogens is 296 g/mol. The van der Waals surface area contributed by atoms with E-state index in [4.69, 9.17) is 20.1 Å². The van der Waals surface area contributed by atoms with Gasteiger partial charge in [0.05, 0.1) is 13.2 Å². The lowest BCUT2D eigenvalue weighted by molar-refractivity contribution is -0.0522. The first kappa shape index (κ1) is 18.2. The Balaban J connectivity index is 4.68. The zero-order chi connectivity index (χ0) is 15.6. The molecular formula is C10H16O9S. The van der Waals surface area contributed by atoms with Gasteiger partial charge in [0.15, 0.2) is 0 Å². The average Bonchev–Trinajstić information content (AvgIpc) is 2.27. The van der Waals surface area contributed by atoms with Crippen LogP contribution in [0.2, 0.25) is 0 Å². The molecule has 0 aromatic rings. The fourth-order valence-corrected chi connectivity index (χ4v) is 1.97. The van der Waals surface area contributed by atoms with Gasteiger partial charge in [-0.25, -0.2) is 14.4 Å². The third-order valence-electron chi connectivity index (χ3n) is 2.44. The molecule has 9 nitrogen and oxygen atoms in total. The minimum atomic E-state index is -1.56. The van der Waals surface area contributed by atoms with Crippen LogP contribution in [-0.4, -0.2) is 58.4 Å². The van der Waals surface area contributed by atoms with Crippen molar-refractivity contribution in [1.29, 1.82) is 0 Å². The molecule has 0 aliphatic heterocycles. The maximum atomic E-state index is 10.7. The van der Waals surface area contributed by atoms with Crippen molar-refractivity contribution in [2.75, 3.05) is 19.0 Å². The van der Waals surface area contributed by atoms with Gasteiger partial charge in [0, 0.05) is 12.8 Å². The van der Waals surface area contributed by atoms with Crippen molar-refractivity contribution in [3.63, 3.8) is 0 Å². The Kier molecular flexibility index (Phi) is 8.29. The van der Waals surface area contributed by atoms with Gasteiger partial charge in [-0.3, -0.25) is 0 Å². The number of hydrogen-bond acceptors (Lipinski definition) is 7. The van der Waals surface area contributed by atoms with Crippen molar-refractivity contribution in [2.45, 2.75) is 24.9 Å². The van der Waals surface area contributed by atoms with Gasteiger partial charge in [-0.15, -0.1) is 0 Å². The summed E-state index contributed by atoms with van der Waals surface area (Å²) in [7, 11) is 0. The molecule has 10 heteroatoms. The van der Waals surface area contributed by atoms with E-state index in [-0.39, 0.29) is 38.2 Å². The van der Waals surface area contributed by atoms with Gasteiger partial charge in [0.2, 0.25) is 0 Å². The molecule has 0 aliphatic carbocycles. The third-order valence-corrected chi connectivity index (χ3v) is 2.66. The summed E-state index contributed by atoms with van der Waals surface area (Å²) in [5, 5.41) is 25.5. The first-order valence-electron chi connectivity index (χ1n) is 5.55. The van der Waals surface area contributed by atoms with Gasteiger partial charge in [-0.05, 0) is 12.2 Å². The molecule has 0 unspecified atom stereocenters. The molecule has 0 rings (SSSR count). The summed E-state index contributed by atoms with van der Waals surface area (Å²) < 4.78 is 13.4. The highest BCUT2D eigenvalue weighted by molar-refractivity contribution is 7.80. The molecule has 3 N–H and O–H groups in total. The summed E-state index contributed by atoms with van der Waals surface area (Å²) in [6, 6.07) is 0. The van der Waals surface area contributed by atoms with Crippen LogP contribution >= 0.6 is 12.6 Å². The molecule has 0 spiro atoms. The van der Waals surface area contributed by atoms with E-state index in [2.05, 4.69) is 22.1 Å². The van der Waals surface area contributed by atoms with Crippen molar-refractivity contribution in [2.24, 2.45) is 0 Å². The fraction of sp³-hybridized carbons (Fsp3) is 0.700. The van der Waals surface area contributed by atoms with E-state index in [1.54, 1.807) is 0 Å². The smallest absolute Gasteiger partial charge is 0.450 e. The van der Waals surface area contributed by atoms with E-state index in [1.807, 2.05) is 0 Å². The van der Waals surface area contributed by atoms with Crippen LogP contribution in [0.4, 0.5) is 14.4 Å². The maximum Gasteiger partial charge on any atom is 0.506 e. The van der Waals surface area contributed by atoms with E-state index >= 15 is 0 Å². The first-order valence-corrected chi connectivity index (χ1v) is 6.19. The molecule has 0 bridgehead atoms. The van der Waals surface area contributed by atoms with Gasteiger partial charge in [0.25, 0.3) is 0 Å². The number of hydrogen-bond donors (Lipinski definition) is 4. The Hall–Kier alpha value is -1.84. The summed E-state index contributed by atoms with van der Waals surface area (Å²) >= 11 is 3.97. The van der Waals surface area contributed by atoms with Crippen LogP contribution in [0.3, 0.4) is 0 Å². The van der Waals surface area contributed by atoms with Crippen LogP contribution in [0.5, 0.6) is 0 Å². The molecule has 116 valence electrons. The molecule has 0 heterocycles. The second kappa shape index (κ2) is 9.13. The second-order valence-corrected chi connectivity index (χ2v) is 4.20. The van der Waals surface area contributed by atoms with Crippen molar-refractivity contribution >= 4 is 31.1 Å². The van der Waals surface area contributed by atoms with Crippen LogP contribution in [0, 0.1) is 0 Å². The molecule has 0 aromatic heterocycles. The van der Waals surface area contributed by atoms with Crippen molar-refractivity contribution < 1.29 is 43.9 Å². The molecule has 0 fully saturated rings. The van der Waals surface area contributed by atoms with Gasteiger partial charge >= 0.3 is 18.5 Å². The number of carboxylic acid groups (broad SMARTS) is 3. The summed E-state index contributed by atoms with van der Waals surface area (Å²) in [5.74, 6) is 0.257. The Bertz CT molecular complexity index is 324. The van der Waals surface area contributed by atoms with E-state index < -0.39 is 24.1 Å². The predicted molar refractivity (Wildman–Crippen MR) is 67.5 cm³/mol. The summed E-state index contributed by atoms with van der Waals surface area (Å²) in [4.78, 5) is 31.3. The molecule has 0 radical (unpaired) electrons. The van der Waals surface area contributed by atoms with Crippen LogP contribution < -0.4 is 0 Å². The van der Waals surface area contributed by atoms with E-state index in [0.717, 1.165) is 0 Å². The minimum absolute atomic E-state index is 0.0604. The predicted octanol–water partition coefficient (Wildman–Crippen LogP) is 1.91. The standard InChI is InChI=1S/C10H16O9S/c11-7(12)17-4-1-10(3-6-20,19-9(15)16)2-5-18-8(13)14/h20H,1-6H2,(H,11,12)(H,13,14)(H,15,16). The normalized spacial score (nSPS) is 10.7. The molecule has 0 atom stereocenters. The maximum absolute atomic E-state index is 10.7. The van der Waals surface area contributed by atoms with Gasteiger partial charge in [-0.2, -0.15) is 12.6 Å². The van der Waals surface area contributed by atoms with Crippen LogP contribution in [0.25, 0.3) is 0 Å². The zero-order valence-corrected chi connectivity index (χ0v) is 11.4. The molecule has 0 aliphatic rings. The fourth-order valence-electron chi connectivity index (χ4n) is 1.57. The largest absolute Gasteiger partial charge is 0.506 e. The quantitative estimate of drug-likeness (QED) is 0.285. The highest BCUT2D eigenvalue weighted by Gasteiger charge is 2.34. The number of thiol groups is 1. The highest BCUT2D eigenvalue weighted by atomic mass is 32.1. The van der Waals surface area contributed by atoms with E-state index in [9.17, 15) is 14.4 Å². The summed E-state index contributed by atoms with van der Waals surface area (Å²) in [5.41, 5.74) is -1.31. The molecule has 0 saturated carbocycles. The van der Waals surface area contributed by atoms with Crippen molar-refractivity contribution in [1.82, 2.24) is 0 Å². The van der Waals surface area contributed by atoms with Crippen LogP contribution in [-0.2, 0) is 14.2 Å². The van der Waals surface area contributed by atoms with Crippen LogP contribution in [0.15, 0.2) is 0 Å². The molecule has 0 saturated heterocycles. The topological polar surface area (TPSA) is 140 Å². The summed E-state index contributed by atoms with van der Waals surface area (Å²) in [6.45, 7) is -0.576. The average molecular weight is 312 g/mol. The van der Waals surface area contributed by atoms with Gasteiger partial charge in [-0.1, -0.05) is 0 Å². The first-order chi connectivity index (χ1) is 9.31. The van der Waals surface area contributed by atoms with Gasteiger partial charge in [0.1, 0.15) is 5.60 Å². The Morgan fingerprint density at radius 1 is 0.850 bits per heavy atom. The monoisotopic (exact) mass is 312 g/mol. The lowest BCUT2D eigenvalue weighted by atomic mass is 9.93. The van der Waals surface area contributed by atoms with E-state index in [1.165, 1.54) is 0 Å². The zero-order valence-electron chi connectivity index (χ0n) is 10.5. The van der Waals surface area contributed by atoms with Crippen molar-refractivity contribution in [3.8, 4) is 0 Å². The highest BCUT2D eigenvalue weighted by Crippen LogP contribution is 2.26. The second-order valence-electron chi connectivity index (χ2n) is 3.75. The third kappa shape index (κ3) is 8.29. The molecule has 20 heavy (non-hydrogen) atoms. The lowest BCUT2D eigenvalue weighted by Crippen LogP contribution is -2.38. The van der Waals surface area contributed by atoms with Crippen LogP contribution in [0.1, 0.15) is 19.3 Å². The van der Waals surface area contributed by atoms with Crippen molar-refractivity contribution in [3.05, 3.63) is 0 Å². The molecule has 0 amide bonds. The molecule has 0 aromatic carbocycles. The Morgan fingerprint density at radius 3 is 1.60 bits per heavy atom. The number of rotatable bonds is 9. The van der Waals surface area contributed by atoms with E-state index in [0.29, 0.717) is 0 Å². The minimum Gasteiger partial charge on any atom is -0.450 e. The summed E-state index contributed by atoms with van der Waals surface area (Å²) in [6.07, 6.45) is -4.51. The van der Waals surface area contributed by atoms with Gasteiger partial charge < -0.3 is 29.5 Å². The SMILES string of the molecule is O=C(O)OCCC(CCS)(CCOC(=O)O)OC(=O)O. The number of ether oxygens (including phenoxy) is 3.